The summed E-state index contributed by atoms with van der Waals surface area (Å²) < 4.78 is 6.29. The van der Waals surface area contributed by atoms with E-state index in [0.717, 1.165) is 0 Å². The standard InChI is InChI=1S/C13H14N4O4/c1-21-10-5-3-2-4-9(10)15-11(18)7-17-6-8(14)12(16-17)13(19)20/h2-6H,7,14H2,1H3,(H,15,18)(H,19,20). The molecule has 0 spiro atoms. The number of carbonyl (C=O) groups is 2. The maximum Gasteiger partial charge on any atom is 0.358 e. The number of ether oxygens (including phenoxy) is 1. The summed E-state index contributed by atoms with van der Waals surface area (Å²) in [4.78, 5) is 22.7. The highest BCUT2D eigenvalue weighted by Crippen LogP contribution is 2.22. The molecule has 0 aliphatic heterocycles. The number of carboxylic acids is 1. The van der Waals surface area contributed by atoms with Gasteiger partial charge in [0.05, 0.1) is 18.5 Å². The molecule has 0 saturated carbocycles. The number of hydrogen-bond acceptors (Lipinski definition) is 5. The number of nitrogens with two attached hydrogens (primary N) is 1. The number of carboxylic acid groups (broad SMARTS) is 1. The van der Waals surface area contributed by atoms with Crippen LogP contribution >= 0.6 is 0 Å². The molecule has 4 N–H and O–H groups in total. The average Bonchev–Trinajstić information content (AvgIpc) is 2.80. The van der Waals surface area contributed by atoms with E-state index in [4.69, 9.17) is 15.6 Å². The predicted octanol–water partition coefficient (Wildman–Crippen LogP) is 0.811. The first-order chi connectivity index (χ1) is 10.0. The molecule has 1 aromatic carbocycles. The van der Waals surface area contributed by atoms with E-state index in [1.807, 2.05) is 0 Å². The van der Waals surface area contributed by atoms with E-state index < -0.39 is 5.97 Å². The van der Waals surface area contributed by atoms with Gasteiger partial charge in [0, 0.05) is 6.20 Å². The molecule has 1 aromatic heterocycles. The second kappa shape index (κ2) is 5.95. The zero-order valence-corrected chi connectivity index (χ0v) is 11.2. The lowest BCUT2D eigenvalue weighted by Crippen LogP contribution is -2.19. The van der Waals surface area contributed by atoms with Crippen molar-refractivity contribution in [2.24, 2.45) is 0 Å². The van der Waals surface area contributed by atoms with E-state index in [-0.39, 0.29) is 23.8 Å². The number of nitrogens with zero attached hydrogens (tertiary/aromatic N) is 2. The zero-order valence-electron chi connectivity index (χ0n) is 11.2. The van der Waals surface area contributed by atoms with E-state index in [1.165, 1.54) is 18.0 Å². The second-order valence-corrected chi connectivity index (χ2v) is 4.18. The number of rotatable bonds is 5. The Hall–Kier alpha value is -3.03. The molecule has 21 heavy (non-hydrogen) atoms. The van der Waals surface area contributed by atoms with Gasteiger partial charge in [-0.3, -0.25) is 9.48 Å². The molecular weight excluding hydrogens is 276 g/mol. The summed E-state index contributed by atoms with van der Waals surface area (Å²) in [6.45, 7) is -0.157. The molecule has 0 fully saturated rings. The molecule has 0 unspecified atom stereocenters. The van der Waals surface area contributed by atoms with Crippen LogP contribution in [-0.2, 0) is 11.3 Å². The number of nitrogens with one attached hydrogen (secondary N) is 1. The minimum absolute atomic E-state index is 0.00703. The lowest BCUT2D eigenvalue weighted by molar-refractivity contribution is -0.116. The highest BCUT2D eigenvalue weighted by molar-refractivity contribution is 5.93. The number of aromatic carboxylic acids is 1. The van der Waals surface area contributed by atoms with Crippen molar-refractivity contribution in [3.8, 4) is 5.75 Å². The Bertz CT molecular complexity index is 681. The van der Waals surface area contributed by atoms with Crippen LogP contribution in [0.3, 0.4) is 0 Å². The molecule has 2 rings (SSSR count). The first kappa shape index (κ1) is 14.4. The minimum Gasteiger partial charge on any atom is -0.495 e. The Morgan fingerprint density at radius 1 is 1.43 bits per heavy atom. The van der Waals surface area contributed by atoms with Crippen molar-refractivity contribution in [2.75, 3.05) is 18.2 Å². The summed E-state index contributed by atoms with van der Waals surface area (Å²) in [5.41, 5.74) is 5.75. The molecule has 0 bridgehead atoms. The molecule has 1 heterocycles. The van der Waals surface area contributed by atoms with Gasteiger partial charge >= 0.3 is 5.97 Å². The fraction of sp³-hybridized carbons (Fsp3) is 0.154. The van der Waals surface area contributed by atoms with Gasteiger partial charge in [-0.05, 0) is 12.1 Å². The molecule has 8 nitrogen and oxygen atoms in total. The maximum atomic E-state index is 11.9. The fourth-order valence-electron chi connectivity index (χ4n) is 1.77. The van der Waals surface area contributed by atoms with Gasteiger partial charge in [0.2, 0.25) is 5.91 Å². The van der Waals surface area contributed by atoms with E-state index in [2.05, 4.69) is 10.4 Å². The normalized spacial score (nSPS) is 10.1. The van der Waals surface area contributed by atoms with Gasteiger partial charge in [-0.25, -0.2) is 4.79 Å². The SMILES string of the molecule is COc1ccccc1NC(=O)Cn1cc(N)c(C(=O)O)n1. The lowest BCUT2D eigenvalue weighted by Gasteiger charge is -2.09. The van der Waals surface area contributed by atoms with Crippen molar-refractivity contribution in [2.45, 2.75) is 6.54 Å². The van der Waals surface area contributed by atoms with E-state index in [9.17, 15) is 9.59 Å². The van der Waals surface area contributed by atoms with Crippen LogP contribution in [0.25, 0.3) is 0 Å². The van der Waals surface area contributed by atoms with Crippen molar-refractivity contribution in [3.63, 3.8) is 0 Å². The highest BCUT2D eigenvalue weighted by atomic mass is 16.5. The molecule has 0 aliphatic rings. The number of aromatic nitrogens is 2. The van der Waals surface area contributed by atoms with E-state index in [1.54, 1.807) is 24.3 Å². The smallest absolute Gasteiger partial charge is 0.358 e. The Kier molecular flexibility index (Phi) is 4.07. The van der Waals surface area contributed by atoms with Crippen LogP contribution in [-0.4, -0.2) is 33.9 Å². The van der Waals surface area contributed by atoms with Crippen LogP contribution in [0, 0.1) is 0 Å². The topological polar surface area (TPSA) is 119 Å². The van der Waals surface area contributed by atoms with Gasteiger partial charge in [0.25, 0.3) is 0 Å². The molecule has 0 radical (unpaired) electrons. The monoisotopic (exact) mass is 290 g/mol. The number of carbonyl (C=O) groups excluding carboxylic acids is 1. The van der Waals surface area contributed by atoms with E-state index in [0.29, 0.717) is 11.4 Å². The van der Waals surface area contributed by atoms with Crippen LogP contribution in [0.5, 0.6) is 5.75 Å². The third-order valence-corrected chi connectivity index (χ3v) is 2.68. The summed E-state index contributed by atoms with van der Waals surface area (Å²) in [6, 6.07) is 6.94. The Labute approximate surface area is 120 Å². The second-order valence-electron chi connectivity index (χ2n) is 4.18. The molecule has 110 valence electrons. The first-order valence-corrected chi connectivity index (χ1v) is 6.00. The van der Waals surface area contributed by atoms with Gasteiger partial charge in [0.15, 0.2) is 5.69 Å². The van der Waals surface area contributed by atoms with Crippen LogP contribution in [0.1, 0.15) is 10.5 Å². The van der Waals surface area contributed by atoms with Crippen LogP contribution in [0.2, 0.25) is 0 Å². The summed E-state index contributed by atoms with van der Waals surface area (Å²) in [6.07, 6.45) is 1.30. The number of para-hydroxylation sites is 2. The Morgan fingerprint density at radius 3 is 2.76 bits per heavy atom. The van der Waals surface area contributed by atoms with E-state index >= 15 is 0 Å². The summed E-state index contributed by atoms with van der Waals surface area (Å²) in [7, 11) is 1.50. The summed E-state index contributed by atoms with van der Waals surface area (Å²) >= 11 is 0. The largest absolute Gasteiger partial charge is 0.495 e. The predicted molar refractivity (Wildman–Crippen MR) is 75.2 cm³/mol. The Morgan fingerprint density at radius 2 is 2.14 bits per heavy atom. The van der Waals surface area contributed by atoms with Crippen molar-refractivity contribution >= 4 is 23.3 Å². The quantitative estimate of drug-likeness (QED) is 0.749. The minimum atomic E-state index is -1.24. The van der Waals surface area contributed by atoms with Gasteiger partial charge in [-0.1, -0.05) is 12.1 Å². The lowest BCUT2D eigenvalue weighted by atomic mass is 10.3. The molecule has 2 aromatic rings. The number of nitrogen functional groups attached to an aromatic ring is 1. The van der Waals surface area contributed by atoms with Crippen LogP contribution in [0.4, 0.5) is 11.4 Å². The number of hydrogen-bond donors (Lipinski definition) is 3. The first-order valence-electron chi connectivity index (χ1n) is 6.00. The number of benzene rings is 1. The number of methoxy groups -OCH3 is 1. The highest BCUT2D eigenvalue weighted by Gasteiger charge is 2.15. The molecule has 0 saturated heterocycles. The van der Waals surface area contributed by atoms with Crippen molar-refractivity contribution < 1.29 is 19.4 Å². The molecular formula is C13H14N4O4. The number of amides is 1. The van der Waals surface area contributed by atoms with Gasteiger partial charge in [-0.2, -0.15) is 5.10 Å². The number of anilines is 2. The third-order valence-electron chi connectivity index (χ3n) is 2.68. The zero-order chi connectivity index (χ0) is 15.4. The van der Waals surface area contributed by atoms with Crippen molar-refractivity contribution in [3.05, 3.63) is 36.2 Å². The summed E-state index contributed by atoms with van der Waals surface area (Å²) in [5.74, 6) is -1.09. The molecule has 8 heteroatoms. The fourth-order valence-corrected chi connectivity index (χ4v) is 1.77. The van der Waals surface area contributed by atoms with Crippen molar-refractivity contribution in [1.29, 1.82) is 0 Å². The van der Waals surface area contributed by atoms with Crippen LogP contribution < -0.4 is 15.8 Å². The van der Waals surface area contributed by atoms with Gasteiger partial charge < -0.3 is 20.9 Å². The molecule has 0 aliphatic carbocycles. The van der Waals surface area contributed by atoms with Crippen molar-refractivity contribution in [1.82, 2.24) is 9.78 Å². The van der Waals surface area contributed by atoms with Crippen LogP contribution in [0.15, 0.2) is 30.5 Å². The maximum absolute atomic E-state index is 11.9. The molecule has 1 amide bonds. The molecule has 0 atom stereocenters. The third kappa shape index (κ3) is 3.30. The van der Waals surface area contributed by atoms with Gasteiger partial charge in [-0.15, -0.1) is 0 Å². The Balaban J connectivity index is 2.08. The van der Waals surface area contributed by atoms with Gasteiger partial charge in [0.1, 0.15) is 12.3 Å². The summed E-state index contributed by atoms with van der Waals surface area (Å²) in [5, 5.41) is 15.2. The average molecular weight is 290 g/mol.